The molecule has 7 aliphatic rings. The number of hydrogen-bond acceptors (Lipinski definition) is 11. The molecule has 58 heavy (non-hydrogen) atoms. The third-order valence-corrected chi connectivity index (χ3v) is 16.1. The Morgan fingerprint density at radius 2 is 1.78 bits per heavy atom. The van der Waals surface area contributed by atoms with Gasteiger partial charge in [-0.25, -0.2) is 9.59 Å². The number of likely N-dealkylation sites (tertiary alicyclic amines) is 1. The number of ether oxygens (including phenoxy) is 4. The number of fused-ring (bicyclic) bond motifs is 6. The van der Waals surface area contributed by atoms with E-state index in [-0.39, 0.29) is 78.3 Å². The SMILES string of the molecule is COc1c(C)c2c(c(O)c1C/C=C1/CC(C(=O)OC(C)(C)C)CC(=O)N1C[C@@H]1CCC3(C)C(CCC4C3CC(O)C3(C)C(C5=CC(=O)OC5)CCC43O)C1)C(=O)OC2. The molecule has 12 heteroatoms. The van der Waals surface area contributed by atoms with Gasteiger partial charge < -0.3 is 39.2 Å². The zero-order valence-corrected chi connectivity index (χ0v) is 35.2. The van der Waals surface area contributed by atoms with Crippen LogP contribution in [-0.4, -0.2) is 81.6 Å². The van der Waals surface area contributed by atoms with Crippen molar-refractivity contribution >= 4 is 23.8 Å². The van der Waals surface area contributed by atoms with Gasteiger partial charge >= 0.3 is 17.9 Å². The zero-order valence-electron chi connectivity index (χ0n) is 35.2. The van der Waals surface area contributed by atoms with Crippen LogP contribution < -0.4 is 4.74 Å². The van der Waals surface area contributed by atoms with Crippen molar-refractivity contribution in [3.05, 3.63) is 45.7 Å². The number of cyclic esters (lactones) is 2. The van der Waals surface area contributed by atoms with Crippen LogP contribution in [0.2, 0.25) is 0 Å². The molecule has 3 N–H and O–H groups in total. The summed E-state index contributed by atoms with van der Waals surface area (Å²) in [6.07, 6.45) is 9.67. The Kier molecular flexibility index (Phi) is 10.1. The predicted octanol–water partition coefficient (Wildman–Crippen LogP) is 6.23. The Hall–Kier alpha value is -3.90. The molecule has 0 radical (unpaired) electrons. The van der Waals surface area contributed by atoms with Crippen molar-refractivity contribution in [3.63, 3.8) is 0 Å². The van der Waals surface area contributed by atoms with Gasteiger partial charge in [-0.1, -0.05) is 19.9 Å². The molecule has 9 unspecified atom stereocenters. The first-order chi connectivity index (χ1) is 27.3. The number of methoxy groups -OCH3 is 1. The molecule has 1 saturated heterocycles. The monoisotopic (exact) mass is 803 g/mol. The van der Waals surface area contributed by atoms with Crippen molar-refractivity contribution in [2.45, 2.75) is 136 Å². The van der Waals surface area contributed by atoms with Crippen LogP contribution in [0.15, 0.2) is 23.4 Å². The molecule has 3 aliphatic heterocycles. The molecular weight excluding hydrogens is 743 g/mol. The zero-order chi connectivity index (χ0) is 41.7. The van der Waals surface area contributed by atoms with E-state index in [1.807, 2.05) is 45.6 Å². The van der Waals surface area contributed by atoms with Gasteiger partial charge in [-0.15, -0.1) is 0 Å². The molecule has 8 rings (SSSR count). The maximum atomic E-state index is 14.1. The van der Waals surface area contributed by atoms with Crippen LogP contribution in [0.4, 0.5) is 0 Å². The van der Waals surface area contributed by atoms with Gasteiger partial charge in [0, 0.05) is 47.7 Å². The van der Waals surface area contributed by atoms with Crippen LogP contribution in [0, 0.1) is 53.3 Å². The highest BCUT2D eigenvalue weighted by Gasteiger charge is 2.70. The summed E-state index contributed by atoms with van der Waals surface area (Å²) in [7, 11) is 1.52. The van der Waals surface area contributed by atoms with E-state index in [2.05, 4.69) is 6.92 Å². The van der Waals surface area contributed by atoms with Crippen molar-refractivity contribution in [2.24, 2.45) is 46.3 Å². The second-order valence-electron chi connectivity index (χ2n) is 20.0. The number of rotatable bonds is 7. The lowest BCUT2D eigenvalue weighted by Crippen LogP contribution is -2.67. The minimum absolute atomic E-state index is 0.0374. The van der Waals surface area contributed by atoms with Crippen molar-refractivity contribution in [2.75, 3.05) is 20.3 Å². The van der Waals surface area contributed by atoms with E-state index in [4.69, 9.17) is 18.9 Å². The van der Waals surface area contributed by atoms with Gasteiger partial charge in [-0.3, -0.25) is 9.59 Å². The number of esters is 3. The quantitative estimate of drug-likeness (QED) is 0.211. The molecule has 1 aromatic carbocycles. The van der Waals surface area contributed by atoms with E-state index >= 15 is 0 Å². The maximum absolute atomic E-state index is 14.1. The Morgan fingerprint density at radius 3 is 2.47 bits per heavy atom. The van der Waals surface area contributed by atoms with Crippen molar-refractivity contribution in [1.82, 2.24) is 4.90 Å². The number of phenolic OH excluding ortho intramolecular Hbond substituents is 1. The smallest absolute Gasteiger partial charge is 0.342 e. The number of aliphatic hydroxyl groups excluding tert-OH is 1. The molecule has 0 bridgehead atoms. The average molecular weight is 804 g/mol. The van der Waals surface area contributed by atoms with Gasteiger partial charge in [0.05, 0.1) is 24.7 Å². The first-order valence-electron chi connectivity index (χ1n) is 21.4. The van der Waals surface area contributed by atoms with E-state index in [1.54, 1.807) is 6.08 Å². The van der Waals surface area contributed by atoms with Crippen LogP contribution in [-0.2, 0) is 41.6 Å². The standard InChI is InChI=1S/C46H61NO11/c1-24-31-23-57-42(53)38(31)39(51)30(40(24)55-7)10-9-29-17-26(41(52)58-43(2,3)4)18-36(49)47(29)21-25-12-14-44(5)28(16-25)8-11-33-34(44)20-35(48)45(6)32(13-15-46(33,45)54)27-19-37(50)56-22-27/h9,19,25-26,28,32-35,48,51,54H,8,10-18,20-23H2,1-7H3/b29-9-/t25-,26?,28?,32?,33?,34?,35?,44?,45?,46?/m1/s1. The molecule has 5 fully saturated rings. The Balaban J connectivity index is 1.03. The molecule has 0 aromatic heterocycles. The summed E-state index contributed by atoms with van der Waals surface area (Å²) >= 11 is 0. The van der Waals surface area contributed by atoms with Crippen LogP contribution in [0.1, 0.15) is 126 Å². The lowest BCUT2D eigenvalue weighted by atomic mass is 9.42. The number of amides is 1. The summed E-state index contributed by atoms with van der Waals surface area (Å²) in [5.74, 6) is -1.26. The van der Waals surface area contributed by atoms with Gasteiger partial charge in [0.15, 0.2) is 0 Å². The third-order valence-electron chi connectivity index (χ3n) is 16.1. The van der Waals surface area contributed by atoms with Gasteiger partial charge in [0.1, 0.15) is 35.9 Å². The van der Waals surface area contributed by atoms with Crippen LogP contribution in [0.25, 0.3) is 0 Å². The number of carbonyl (C=O) groups is 4. The summed E-state index contributed by atoms with van der Waals surface area (Å²) in [6, 6.07) is 0. The molecule has 4 aliphatic carbocycles. The molecule has 10 atom stereocenters. The largest absolute Gasteiger partial charge is 0.507 e. The highest BCUT2D eigenvalue weighted by molar-refractivity contribution is 5.98. The average Bonchev–Trinajstić information content (AvgIpc) is 3.85. The van der Waals surface area contributed by atoms with Crippen molar-refractivity contribution in [3.8, 4) is 11.5 Å². The third kappa shape index (κ3) is 6.37. The highest BCUT2D eigenvalue weighted by Crippen LogP contribution is 2.70. The summed E-state index contributed by atoms with van der Waals surface area (Å²) in [6.45, 7) is 12.4. The Bertz CT molecular complexity index is 1980. The number of phenols is 1. The van der Waals surface area contributed by atoms with E-state index in [0.717, 1.165) is 44.1 Å². The summed E-state index contributed by atoms with van der Waals surface area (Å²) < 4.78 is 22.0. The van der Waals surface area contributed by atoms with E-state index < -0.39 is 40.6 Å². The number of piperidine rings is 1. The number of aromatic hydroxyl groups is 1. The molecule has 12 nitrogen and oxygen atoms in total. The molecule has 4 saturated carbocycles. The van der Waals surface area contributed by atoms with Crippen LogP contribution in [0.3, 0.4) is 0 Å². The summed E-state index contributed by atoms with van der Waals surface area (Å²) in [5, 5.41) is 36.1. The normalized spacial score (nSPS) is 37.7. The van der Waals surface area contributed by atoms with Crippen LogP contribution in [0.5, 0.6) is 11.5 Å². The Labute approximate surface area is 341 Å². The summed E-state index contributed by atoms with van der Waals surface area (Å²) in [5.41, 5.74) is 0.844. The molecule has 316 valence electrons. The number of carbonyl (C=O) groups excluding carboxylic acids is 4. The maximum Gasteiger partial charge on any atom is 0.342 e. The molecule has 1 amide bonds. The number of hydrogen-bond donors (Lipinski definition) is 3. The minimum atomic E-state index is -1.04. The first kappa shape index (κ1) is 40.9. The van der Waals surface area contributed by atoms with Crippen LogP contribution >= 0.6 is 0 Å². The summed E-state index contributed by atoms with van der Waals surface area (Å²) in [4.78, 5) is 54.0. The van der Waals surface area contributed by atoms with Crippen molar-refractivity contribution in [1.29, 1.82) is 0 Å². The van der Waals surface area contributed by atoms with E-state index in [1.165, 1.54) is 7.11 Å². The Morgan fingerprint density at radius 1 is 1.02 bits per heavy atom. The lowest BCUT2D eigenvalue weighted by molar-refractivity contribution is -0.244. The second-order valence-corrected chi connectivity index (χ2v) is 20.0. The van der Waals surface area contributed by atoms with E-state index in [9.17, 15) is 34.5 Å². The molecule has 3 heterocycles. The van der Waals surface area contributed by atoms with Gasteiger partial charge in [-0.2, -0.15) is 0 Å². The number of benzene rings is 1. The molecule has 1 aromatic rings. The molecular formula is C46H61NO11. The fraction of sp³-hybridized carbons (Fsp3) is 0.696. The second kappa shape index (κ2) is 14.4. The number of aliphatic hydroxyl groups is 2. The minimum Gasteiger partial charge on any atom is -0.507 e. The first-order valence-corrected chi connectivity index (χ1v) is 21.4. The fourth-order valence-corrected chi connectivity index (χ4v) is 13.0. The van der Waals surface area contributed by atoms with Crippen molar-refractivity contribution < 1.29 is 53.4 Å². The predicted molar refractivity (Wildman–Crippen MR) is 211 cm³/mol. The number of nitrogens with zero attached hydrogens (tertiary/aromatic N) is 1. The topological polar surface area (TPSA) is 169 Å². The molecule has 0 spiro atoms. The van der Waals surface area contributed by atoms with E-state index in [0.29, 0.717) is 59.9 Å². The van der Waals surface area contributed by atoms with Gasteiger partial charge in [0.2, 0.25) is 5.91 Å². The van der Waals surface area contributed by atoms with Gasteiger partial charge in [-0.05, 0) is 132 Å². The highest BCUT2D eigenvalue weighted by atomic mass is 16.6. The number of allylic oxidation sites excluding steroid dienone is 2. The fourth-order valence-electron chi connectivity index (χ4n) is 13.0. The van der Waals surface area contributed by atoms with Gasteiger partial charge in [0.25, 0.3) is 0 Å². The lowest BCUT2D eigenvalue weighted by Gasteiger charge is -2.65.